The average Bonchev–Trinajstić information content (AvgIpc) is 2.30. The van der Waals surface area contributed by atoms with Gasteiger partial charge in [0.1, 0.15) is 0 Å². The van der Waals surface area contributed by atoms with Crippen molar-refractivity contribution in [3.05, 3.63) is 33.8 Å². The summed E-state index contributed by atoms with van der Waals surface area (Å²) < 4.78 is 0. The highest BCUT2D eigenvalue weighted by Crippen LogP contribution is 2.31. The van der Waals surface area contributed by atoms with Gasteiger partial charge >= 0.3 is 0 Å². The molecule has 1 aromatic rings. The fourth-order valence-electron chi connectivity index (χ4n) is 1.92. The first kappa shape index (κ1) is 16.8. The topological polar surface area (TPSA) is 12.0 Å². The standard InChI is InChI=1S/C16H25Cl2N/c1-6-16(5,11-19-15(2,3)4)10-12-7-8-13(17)9-14(12)18/h7-9,19H,6,10-11H2,1-5H3. The number of rotatable bonds is 5. The van der Waals surface area contributed by atoms with Gasteiger partial charge in [0, 0.05) is 22.1 Å². The van der Waals surface area contributed by atoms with E-state index in [0.29, 0.717) is 5.02 Å². The maximum atomic E-state index is 6.28. The molecule has 1 atom stereocenters. The third-order valence-corrected chi connectivity index (χ3v) is 4.12. The molecule has 0 bridgehead atoms. The van der Waals surface area contributed by atoms with Crippen molar-refractivity contribution in [2.24, 2.45) is 5.41 Å². The zero-order chi connectivity index (χ0) is 14.7. The molecule has 0 aliphatic rings. The average molecular weight is 302 g/mol. The summed E-state index contributed by atoms with van der Waals surface area (Å²) in [5.41, 5.74) is 1.51. The first-order chi connectivity index (χ1) is 8.65. The van der Waals surface area contributed by atoms with Gasteiger partial charge in [-0.25, -0.2) is 0 Å². The predicted octanol–water partition coefficient (Wildman–Crippen LogP) is 5.34. The summed E-state index contributed by atoms with van der Waals surface area (Å²) in [6.45, 7) is 12.1. The van der Waals surface area contributed by atoms with Crippen LogP contribution in [0.15, 0.2) is 18.2 Å². The van der Waals surface area contributed by atoms with Crippen molar-refractivity contribution < 1.29 is 0 Å². The second kappa shape index (κ2) is 6.47. The van der Waals surface area contributed by atoms with Crippen molar-refractivity contribution in [3.8, 4) is 0 Å². The van der Waals surface area contributed by atoms with E-state index in [-0.39, 0.29) is 11.0 Å². The van der Waals surface area contributed by atoms with E-state index in [2.05, 4.69) is 39.9 Å². The lowest BCUT2D eigenvalue weighted by atomic mass is 9.80. The zero-order valence-electron chi connectivity index (χ0n) is 12.6. The number of halogens is 2. The van der Waals surface area contributed by atoms with E-state index >= 15 is 0 Å². The molecule has 19 heavy (non-hydrogen) atoms. The molecule has 0 saturated carbocycles. The molecular formula is C16H25Cl2N. The minimum atomic E-state index is 0.139. The quantitative estimate of drug-likeness (QED) is 0.774. The molecule has 0 heterocycles. The molecule has 0 saturated heterocycles. The molecule has 0 spiro atoms. The number of hydrogen-bond donors (Lipinski definition) is 1. The first-order valence-corrected chi connectivity index (χ1v) is 7.60. The Hall–Kier alpha value is -0.240. The predicted molar refractivity (Wildman–Crippen MR) is 86.3 cm³/mol. The second-order valence-corrected chi connectivity index (χ2v) is 7.52. The van der Waals surface area contributed by atoms with Gasteiger partial charge in [-0.3, -0.25) is 0 Å². The Labute approximate surface area is 127 Å². The Bertz CT molecular complexity index is 423. The highest BCUT2D eigenvalue weighted by atomic mass is 35.5. The van der Waals surface area contributed by atoms with E-state index in [1.54, 1.807) is 0 Å². The summed E-state index contributed by atoms with van der Waals surface area (Å²) in [5, 5.41) is 5.06. The summed E-state index contributed by atoms with van der Waals surface area (Å²) in [6, 6.07) is 5.78. The highest BCUT2D eigenvalue weighted by Gasteiger charge is 2.25. The van der Waals surface area contributed by atoms with Crippen LogP contribution in [0.1, 0.15) is 46.6 Å². The van der Waals surface area contributed by atoms with E-state index < -0.39 is 0 Å². The SMILES string of the molecule is CCC(C)(CNC(C)(C)C)Cc1ccc(Cl)cc1Cl. The molecule has 0 aliphatic carbocycles. The fourth-order valence-corrected chi connectivity index (χ4v) is 2.39. The smallest absolute Gasteiger partial charge is 0.0453 e. The molecule has 0 fully saturated rings. The van der Waals surface area contributed by atoms with Gasteiger partial charge in [0.2, 0.25) is 0 Å². The van der Waals surface area contributed by atoms with Gasteiger partial charge in [0.05, 0.1) is 0 Å². The number of nitrogens with one attached hydrogen (secondary N) is 1. The van der Waals surface area contributed by atoms with Crippen LogP contribution in [0.5, 0.6) is 0 Å². The van der Waals surface area contributed by atoms with Crippen LogP contribution < -0.4 is 5.32 Å². The number of hydrogen-bond acceptors (Lipinski definition) is 1. The minimum Gasteiger partial charge on any atom is -0.312 e. The van der Waals surface area contributed by atoms with E-state index in [4.69, 9.17) is 23.2 Å². The van der Waals surface area contributed by atoms with Crippen LogP contribution in [0.4, 0.5) is 0 Å². The van der Waals surface area contributed by atoms with Crippen LogP contribution in [0, 0.1) is 5.41 Å². The van der Waals surface area contributed by atoms with E-state index in [1.165, 1.54) is 5.56 Å². The largest absolute Gasteiger partial charge is 0.312 e. The number of benzene rings is 1. The van der Waals surface area contributed by atoms with E-state index in [0.717, 1.165) is 24.4 Å². The molecule has 1 rings (SSSR count). The molecule has 1 nitrogen and oxygen atoms in total. The zero-order valence-corrected chi connectivity index (χ0v) is 14.1. The normalized spacial score (nSPS) is 15.3. The Morgan fingerprint density at radius 1 is 1.11 bits per heavy atom. The lowest BCUT2D eigenvalue weighted by Gasteiger charge is -2.33. The van der Waals surface area contributed by atoms with Crippen molar-refractivity contribution in [3.63, 3.8) is 0 Å². The molecule has 1 unspecified atom stereocenters. The Morgan fingerprint density at radius 3 is 2.21 bits per heavy atom. The van der Waals surface area contributed by atoms with Crippen molar-refractivity contribution in [1.29, 1.82) is 0 Å². The molecule has 108 valence electrons. The van der Waals surface area contributed by atoms with Crippen LogP contribution in [-0.2, 0) is 6.42 Å². The second-order valence-electron chi connectivity index (χ2n) is 6.68. The molecule has 0 amide bonds. The first-order valence-electron chi connectivity index (χ1n) is 6.84. The van der Waals surface area contributed by atoms with Crippen molar-refractivity contribution in [2.45, 2.75) is 53.0 Å². The van der Waals surface area contributed by atoms with Crippen LogP contribution in [0.3, 0.4) is 0 Å². The molecule has 0 aliphatic heterocycles. The molecule has 3 heteroatoms. The van der Waals surface area contributed by atoms with Gasteiger partial charge in [-0.15, -0.1) is 0 Å². The van der Waals surface area contributed by atoms with Crippen molar-refractivity contribution in [1.82, 2.24) is 5.32 Å². The van der Waals surface area contributed by atoms with Crippen molar-refractivity contribution >= 4 is 23.2 Å². The summed E-state index contributed by atoms with van der Waals surface area (Å²) >= 11 is 12.2. The summed E-state index contributed by atoms with van der Waals surface area (Å²) in [5.74, 6) is 0. The fraction of sp³-hybridized carbons (Fsp3) is 0.625. The Balaban J connectivity index is 2.80. The van der Waals surface area contributed by atoms with Gasteiger partial charge in [-0.2, -0.15) is 0 Å². The summed E-state index contributed by atoms with van der Waals surface area (Å²) in [7, 11) is 0. The summed E-state index contributed by atoms with van der Waals surface area (Å²) in [4.78, 5) is 0. The van der Waals surface area contributed by atoms with Gasteiger partial charge < -0.3 is 5.32 Å². The molecular weight excluding hydrogens is 277 g/mol. The third-order valence-electron chi connectivity index (χ3n) is 3.53. The van der Waals surface area contributed by atoms with Crippen molar-refractivity contribution in [2.75, 3.05) is 6.54 Å². The van der Waals surface area contributed by atoms with Gasteiger partial charge in [-0.05, 0) is 56.7 Å². The van der Waals surface area contributed by atoms with Gasteiger partial charge in [0.15, 0.2) is 0 Å². The van der Waals surface area contributed by atoms with E-state index in [1.807, 2.05) is 18.2 Å². The maximum Gasteiger partial charge on any atom is 0.0453 e. The van der Waals surface area contributed by atoms with Gasteiger partial charge in [-0.1, -0.05) is 43.1 Å². The monoisotopic (exact) mass is 301 g/mol. The maximum absolute atomic E-state index is 6.28. The molecule has 0 aromatic heterocycles. The van der Waals surface area contributed by atoms with Crippen LogP contribution >= 0.6 is 23.2 Å². The third kappa shape index (κ3) is 5.72. The van der Waals surface area contributed by atoms with Crippen LogP contribution in [0.25, 0.3) is 0 Å². The van der Waals surface area contributed by atoms with Crippen LogP contribution in [0.2, 0.25) is 10.0 Å². The van der Waals surface area contributed by atoms with E-state index in [9.17, 15) is 0 Å². The highest BCUT2D eigenvalue weighted by molar-refractivity contribution is 6.35. The lowest BCUT2D eigenvalue weighted by molar-refractivity contribution is 0.255. The van der Waals surface area contributed by atoms with Crippen LogP contribution in [-0.4, -0.2) is 12.1 Å². The summed E-state index contributed by atoms with van der Waals surface area (Å²) in [6.07, 6.45) is 2.07. The molecule has 1 aromatic carbocycles. The lowest BCUT2D eigenvalue weighted by Crippen LogP contribution is -2.43. The Kier molecular flexibility index (Phi) is 5.73. The molecule has 1 N–H and O–H groups in total. The minimum absolute atomic E-state index is 0.139. The molecule has 0 radical (unpaired) electrons. The Morgan fingerprint density at radius 2 is 1.74 bits per heavy atom. The van der Waals surface area contributed by atoms with Gasteiger partial charge in [0.25, 0.3) is 0 Å².